The molecule has 0 aliphatic heterocycles. The summed E-state index contributed by atoms with van der Waals surface area (Å²) in [6, 6.07) is 11.0. The molecule has 0 aromatic heterocycles. The lowest BCUT2D eigenvalue weighted by atomic mass is 10.1. The molecule has 0 bridgehead atoms. The highest BCUT2D eigenvalue weighted by Gasteiger charge is 2.13. The first-order chi connectivity index (χ1) is 10.1. The Labute approximate surface area is 127 Å². The normalized spacial score (nSPS) is 10.4. The second kappa shape index (κ2) is 7.20. The highest BCUT2D eigenvalue weighted by Crippen LogP contribution is 2.20. The maximum atomic E-state index is 13.2. The summed E-state index contributed by atoms with van der Waals surface area (Å²) < 4.78 is 23.6. The number of halogens is 2. The molecular weight excluding hydrogens is 295 g/mol. The van der Waals surface area contributed by atoms with Gasteiger partial charge in [0.05, 0.1) is 19.3 Å². The zero-order valence-electron chi connectivity index (χ0n) is 11.4. The van der Waals surface area contributed by atoms with Crippen molar-refractivity contribution in [3.05, 3.63) is 64.4 Å². The first kappa shape index (κ1) is 15.5. The van der Waals surface area contributed by atoms with Gasteiger partial charge in [-0.15, -0.1) is 0 Å². The maximum absolute atomic E-state index is 13.2. The molecule has 0 N–H and O–H groups in total. The van der Waals surface area contributed by atoms with Crippen LogP contribution in [0, 0.1) is 5.82 Å². The fraction of sp³-hybridized carbons (Fsp3) is 0.188. The summed E-state index contributed by atoms with van der Waals surface area (Å²) in [5, 5.41) is 0.606. The van der Waals surface area contributed by atoms with Crippen LogP contribution < -0.4 is 4.74 Å². The zero-order chi connectivity index (χ0) is 15.2. The van der Waals surface area contributed by atoms with Gasteiger partial charge in [-0.05, 0) is 35.9 Å². The first-order valence-electron chi connectivity index (χ1n) is 6.29. The van der Waals surface area contributed by atoms with E-state index in [1.54, 1.807) is 18.2 Å². The third-order valence-corrected chi connectivity index (χ3v) is 3.09. The minimum absolute atomic E-state index is 0.160. The Balaban J connectivity index is 1.97. The van der Waals surface area contributed by atoms with Gasteiger partial charge >= 0.3 is 0 Å². The van der Waals surface area contributed by atoms with Crippen LogP contribution in [0.5, 0.6) is 5.75 Å². The van der Waals surface area contributed by atoms with Crippen molar-refractivity contribution >= 4 is 17.4 Å². The van der Waals surface area contributed by atoms with Gasteiger partial charge < -0.3 is 9.47 Å². The predicted octanol–water partition coefficient (Wildman–Crippen LogP) is 3.89. The fourth-order valence-corrected chi connectivity index (χ4v) is 2.08. The number of hydrogen-bond acceptors (Lipinski definition) is 3. The quantitative estimate of drug-likeness (QED) is 0.760. The van der Waals surface area contributed by atoms with Crippen molar-refractivity contribution < 1.29 is 18.7 Å². The first-order valence-corrected chi connectivity index (χ1v) is 6.67. The van der Waals surface area contributed by atoms with Crippen LogP contribution in [0.2, 0.25) is 5.02 Å². The molecular formula is C16H14ClFO3. The minimum Gasteiger partial charge on any atom is -0.496 e. The number of benzene rings is 2. The summed E-state index contributed by atoms with van der Waals surface area (Å²) in [6.45, 7) is 0.0935. The van der Waals surface area contributed by atoms with E-state index in [-0.39, 0.29) is 24.6 Å². The second-order valence-corrected chi connectivity index (χ2v) is 4.83. The Hall–Kier alpha value is -1.91. The standard InChI is InChI=1S/C16H14ClFO3/c1-20-16-6-5-13(18)8-14(16)15(19)10-21-9-11-3-2-4-12(17)7-11/h2-8H,9-10H2,1H3. The number of Topliss-reactive ketones (excluding diaryl/α,β-unsaturated/α-hetero) is 1. The lowest BCUT2D eigenvalue weighted by Crippen LogP contribution is -2.11. The number of ether oxygens (including phenoxy) is 2. The number of rotatable bonds is 6. The lowest BCUT2D eigenvalue weighted by molar-refractivity contribution is 0.0723. The Kier molecular flexibility index (Phi) is 5.31. The monoisotopic (exact) mass is 308 g/mol. The number of methoxy groups -OCH3 is 1. The largest absolute Gasteiger partial charge is 0.496 e. The van der Waals surface area contributed by atoms with Crippen LogP contribution in [0.25, 0.3) is 0 Å². The molecule has 5 heteroatoms. The molecule has 0 fully saturated rings. The minimum atomic E-state index is -0.492. The molecule has 2 aromatic rings. The van der Waals surface area contributed by atoms with E-state index in [0.29, 0.717) is 10.8 Å². The van der Waals surface area contributed by atoms with E-state index in [1.807, 2.05) is 6.07 Å². The van der Waals surface area contributed by atoms with Crippen LogP contribution in [0.15, 0.2) is 42.5 Å². The molecule has 0 atom stereocenters. The number of carbonyl (C=O) groups excluding carboxylic acids is 1. The topological polar surface area (TPSA) is 35.5 Å². The Bertz CT molecular complexity index is 643. The van der Waals surface area contributed by atoms with Crippen molar-refractivity contribution in [2.75, 3.05) is 13.7 Å². The maximum Gasteiger partial charge on any atom is 0.192 e. The SMILES string of the molecule is COc1ccc(F)cc1C(=O)COCc1cccc(Cl)c1. The number of carbonyl (C=O) groups is 1. The third-order valence-electron chi connectivity index (χ3n) is 2.85. The molecule has 0 spiro atoms. The van der Waals surface area contributed by atoms with Crippen molar-refractivity contribution in [3.8, 4) is 5.75 Å². The molecule has 0 aliphatic rings. The van der Waals surface area contributed by atoms with Gasteiger partial charge in [0.15, 0.2) is 5.78 Å². The number of hydrogen-bond donors (Lipinski definition) is 0. The highest BCUT2D eigenvalue weighted by atomic mass is 35.5. The fourth-order valence-electron chi connectivity index (χ4n) is 1.86. The van der Waals surface area contributed by atoms with Crippen molar-refractivity contribution in [3.63, 3.8) is 0 Å². The van der Waals surface area contributed by atoms with Crippen LogP contribution in [-0.4, -0.2) is 19.5 Å². The summed E-state index contributed by atoms with van der Waals surface area (Å²) in [7, 11) is 1.43. The van der Waals surface area contributed by atoms with Gasteiger partial charge in [0.25, 0.3) is 0 Å². The van der Waals surface area contributed by atoms with Crippen molar-refractivity contribution in [2.24, 2.45) is 0 Å². The lowest BCUT2D eigenvalue weighted by Gasteiger charge is -2.08. The van der Waals surface area contributed by atoms with Gasteiger partial charge in [0.1, 0.15) is 18.2 Å². The van der Waals surface area contributed by atoms with E-state index in [1.165, 1.54) is 19.2 Å². The molecule has 0 amide bonds. The molecule has 2 rings (SSSR count). The summed E-state index contributed by atoms with van der Waals surface area (Å²) in [5.74, 6) is -0.505. The molecule has 0 unspecified atom stereocenters. The van der Waals surface area contributed by atoms with Gasteiger partial charge in [-0.2, -0.15) is 0 Å². The van der Waals surface area contributed by atoms with Crippen LogP contribution >= 0.6 is 11.6 Å². The summed E-state index contributed by atoms with van der Waals surface area (Å²) in [4.78, 5) is 12.0. The van der Waals surface area contributed by atoms with Crippen molar-refractivity contribution in [1.82, 2.24) is 0 Å². The Morgan fingerprint density at radius 1 is 1.24 bits per heavy atom. The average molecular weight is 309 g/mol. The molecule has 0 saturated heterocycles. The van der Waals surface area contributed by atoms with Gasteiger partial charge in [0, 0.05) is 5.02 Å². The van der Waals surface area contributed by atoms with E-state index < -0.39 is 5.82 Å². The molecule has 110 valence electrons. The van der Waals surface area contributed by atoms with E-state index in [9.17, 15) is 9.18 Å². The predicted molar refractivity (Wildman–Crippen MR) is 78.4 cm³/mol. The average Bonchev–Trinajstić information content (AvgIpc) is 2.47. The zero-order valence-corrected chi connectivity index (χ0v) is 12.2. The van der Waals surface area contributed by atoms with Crippen LogP contribution in [0.1, 0.15) is 15.9 Å². The van der Waals surface area contributed by atoms with Crippen LogP contribution in [0.4, 0.5) is 4.39 Å². The molecule has 0 heterocycles. The summed E-state index contributed by atoms with van der Waals surface area (Å²) in [5.41, 5.74) is 1.03. The van der Waals surface area contributed by atoms with E-state index in [0.717, 1.165) is 11.6 Å². The molecule has 3 nitrogen and oxygen atoms in total. The van der Waals surface area contributed by atoms with Crippen molar-refractivity contribution in [2.45, 2.75) is 6.61 Å². The van der Waals surface area contributed by atoms with Gasteiger partial charge in [-0.25, -0.2) is 4.39 Å². The second-order valence-electron chi connectivity index (χ2n) is 4.39. The highest BCUT2D eigenvalue weighted by molar-refractivity contribution is 6.30. The van der Waals surface area contributed by atoms with E-state index in [4.69, 9.17) is 21.1 Å². The summed E-state index contributed by atoms with van der Waals surface area (Å²) >= 11 is 5.86. The summed E-state index contributed by atoms with van der Waals surface area (Å²) in [6.07, 6.45) is 0. The van der Waals surface area contributed by atoms with Crippen LogP contribution in [-0.2, 0) is 11.3 Å². The van der Waals surface area contributed by atoms with Crippen molar-refractivity contribution in [1.29, 1.82) is 0 Å². The van der Waals surface area contributed by atoms with E-state index >= 15 is 0 Å². The molecule has 2 aromatic carbocycles. The number of ketones is 1. The third kappa shape index (κ3) is 4.28. The molecule has 0 saturated carbocycles. The Morgan fingerprint density at radius 2 is 2.05 bits per heavy atom. The molecule has 0 aliphatic carbocycles. The molecule has 0 radical (unpaired) electrons. The van der Waals surface area contributed by atoms with Gasteiger partial charge in [-0.1, -0.05) is 23.7 Å². The van der Waals surface area contributed by atoms with Crippen LogP contribution in [0.3, 0.4) is 0 Å². The Morgan fingerprint density at radius 3 is 2.76 bits per heavy atom. The smallest absolute Gasteiger partial charge is 0.192 e. The van der Waals surface area contributed by atoms with Gasteiger partial charge in [-0.3, -0.25) is 4.79 Å². The molecule has 21 heavy (non-hydrogen) atoms. The van der Waals surface area contributed by atoms with Gasteiger partial charge in [0.2, 0.25) is 0 Å². The van der Waals surface area contributed by atoms with E-state index in [2.05, 4.69) is 0 Å².